The van der Waals surface area contributed by atoms with Gasteiger partial charge >= 0.3 is 5.69 Å². The molecule has 1 aliphatic heterocycles. The van der Waals surface area contributed by atoms with E-state index in [1.807, 2.05) is 11.0 Å². The van der Waals surface area contributed by atoms with Crippen LogP contribution < -0.4 is 31.4 Å². The zero-order valence-corrected chi connectivity index (χ0v) is 22.1. The average Bonchev–Trinajstić information content (AvgIpc) is 2.87. The van der Waals surface area contributed by atoms with E-state index in [4.69, 9.17) is 15.2 Å². The second-order valence-electron chi connectivity index (χ2n) is 8.87. The molecule has 1 aromatic heterocycles. The predicted octanol–water partition coefficient (Wildman–Crippen LogP) is 2.82. The van der Waals surface area contributed by atoms with E-state index in [2.05, 4.69) is 15.9 Å². The van der Waals surface area contributed by atoms with Crippen LogP contribution in [0.2, 0.25) is 0 Å². The van der Waals surface area contributed by atoms with Crippen LogP contribution in [0.15, 0.2) is 50.5 Å². The Bertz CT molecular complexity index is 1480. The maximum atomic E-state index is 14.1. The van der Waals surface area contributed by atoms with Gasteiger partial charge in [-0.25, -0.2) is 9.18 Å². The van der Waals surface area contributed by atoms with Gasteiger partial charge in [-0.2, -0.15) is 5.26 Å². The highest BCUT2D eigenvalue weighted by atomic mass is 79.9. The van der Waals surface area contributed by atoms with Crippen molar-refractivity contribution in [3.63, 3.8) is 0 Å². The summed E-state index contributed by atoms with van der Waals surface area (Å²) < 4.78 is 28.0. The highest BCUT2D eigenvalue weighted by molar-refractivity contribution is 9.10. The van der Waals surface area contributed by atoms with E-state index in [9.17, 15) is 19.2 Å². The minimum Gasteiger partial charge on any atom is -0.493 e. The van der Waals surface area contributed by atoms with E-state index in [0.717, 1.165) is 17.4 Å². The summed E-state index contributed by atoms with van der Waals surface area (Å²) in [6.07, 6.45) is 1.65. The standard InChI is InChI=1S/C26H27BrFN5O4/c1-36-22-9-16(8-21(27)25(22)37-2)13-33-24(34)11-23(31-7-3-4-20(30)15-31)32(26(33)35)14-18-10-19(28)6-5-17(18)12-29/h5-6,8-11,20H,3-4,7,13-15,30H2,1-2H3/t20-/m1/s1. The summed E-state index contributed by atoms with van der Waals surface area (Å²) in [6.45, 7) is 0.967. The fraction of sp³-hybridized carbons (Fsp3) is 0.346. The molecule has 1 fully saturated rings. The molecule has 0 radical (unpaired) electrons. The largest absolute Gasteiger partial charge is 0.493 e. The lowest BCUT2D eigenvalue weighted by Crippen LogP contribution is -2.48. The molecule has 0 amide bonds. The van der Waals surface area contributed by atoms with Gasteiger partial charge in [-0.1, -0.05) is 0 Å². The SMILES string of the molecule is COc1cc(Cn2c(=O)cc(N3CCC[C@@H](N)C3)n(Cc3cc(F)ccc3C#N)c2=O)cc(Br)c1OC. The van der Waals surface area contributed by atoms with Crippen LogP contribution in [0.3, 0.4) is 0 Å². The molecule has 9 nitrogen and oxygen atoms in total. The Morgan fingerprint density at radius 2 is 1.92 bits per heavy atom. The molecule has 0 aliphatic carbocycles. The van der Waals surface area contributed by atoms with Crippen LogP contribution in [0.25, 0.3) is 0 Å². The summed E-state index contributed by atoms with van der Waals surface area (Å²) in [6, 6.07) is 10.6. The Labute approximate surface area is 221 Å². The molecule has 4 rings (SSSR count). The Kier molecular flexibility index (Phi) is 8.00. The van der Waals surface area contributed by atoms with Gasteiger partial charge in [0.2, 0.25) is 0 Å². The Morgan fingerprint density at radius 3 is 2.59 bits per heavy atom. The number of hydrogen-bond donors (Lipinski definition) is 1. The molecule has 3 aromatic rings. The molecule has 2 heterocycles. The molecule has 0 spiro atoms. The number of ether oxygens (including phenoxy) is 2. The first-order valence-corrected chi connectivity index (χ1v) is 12.5. The molecule has 1 aliphatic rings. The molecule has 11 heteroatoms. The molecule has 0 bridgehead atoms. The second kappa shape index (κ2) is 11.2. The van der Waals surface area contributed by atoms with Crippen LogP contribution in [0.4, 0.5) is 10.2 Å². The first kappa shape index (κ1) is 26.4. The van der Waals surface area contributed by atoms with Crippen LogP contribution in [-0.4, -0.2) is 42.5 Å². The number of nitrogens with zero attached hydrogens (tertiary/aromatic N) is 4. The number of rotatable bonds is 7. The van der Waals surface area contributed by atoms with Crippen molar-refractivity contribution in [2.45, 2.75) is 32.0 Å². The number of nitrogens with two attached hydrogens (primary N) is 1. The Hall–Kier alpha value is -3.62. The summed E-state index contributed by atoms with van der Waals surface area (Å²) in [7, 11) is 3.01. The zero-order valence-electron chi connectivity index (χ0n) is 20.5. The van der Waals surface area contributed by atoms with Crippen LogP contribution >= 0.6 is 15.9 Å². The smallest absolute Gasteiger partial charge is 0.333 e. The third-order valence-electron chi connectivity index (χ3n) is 6.39. The van der Waals surface area contributed by atoms with Crippen molar-refractivity contribution in [1.29, 1.82) is 5.26 Å². The van der Waals surface area contributed by atoms with Gasteiger partial charge in [0.25, 0.3) is 5.56 Å². The van der Waals surface area contributed by atoms with Crippen molar-refractivity contribution in [2.24, 2.45) is 5.73 Å². The summed E-state index contributed by atoms with van der Waals surface area (Å²) >= 11 is 3.44. The fourth-order valence-corrected chi connectivity index (χ4v) is 5.25. The fourth-order valence-electron chi connectivity index (χ4n) is 4.60. The summed E-state index contributed by atoms with van der Waals surface area (Å²) in [5, 5.41) is 9.55. The summed E-state index contributed by atoms with van der Waals surface area (Å²) in [5.41, 5.74) is 6.32. The van der Waals surface area contributed by atoms with E-state index >= 15 is 0 Å². The number of methoxy groups -OCH3 is 2. The van der Waals surface area contributed by atoms with Gasteiger partial charge in [-0.15, -0.1) is 0 Å². The minimum absolute atomic E-state index is 0.0370. The number of anilines is 1. The van der Waals surface area contributed by atoms with E-state index in [1.165, 1.54) is 43.1 Å². The van der Waals surface area contributed by atoms with Crippen molar-refractivity contribution in [3.8, 4) is 17.6 Å². The van der Waals surface area contributed by atoms with E-state index in [-0.39, 0.29) is 24.7 Å². The van der Waals surface area contributed by atoms with Crippen LogP contribution in [-0.2, 0) is 13.1 Å². The molecule has 2 N–H and O–H groups in total. The second-order valence-corrected chi connectivity index (χ2v) is 9.72. The third-order valence-corrected chi connectivity index (χ3v) is 6.98. The Balaban J connectivity index is 1.85. The summed E-state index contributed by atoms with van der Waals surface area (Å²) in [4.78, 5) is 29.0. The summed E-state index contributed by atoms with van der Waals surface area (Å²) in [5.74, 6) is 0.802. The van der Waals surface area contributed by atoms with Crippen molar-refractivity contribution in [3.05, 3.63) is 84.2 Å². The lowest BCUT2D eigenvalue weighted by Gasteiger charge is -2.34. The highest BCUT2D eigenvalue weighted by Crippen LogP contribution is 2.36. The van der Waals surface area contributed by atoms with Gasteiger partial charge in [0.15, 0.2) is 11.5 Å². The lowest BCUT2D eigenvalue weighted by molar-refractivity contribution is 0.352. The van der Waals surface area contributed by atoms with Gasteiger partial charge in [0.05, 0.1) is 43.4 Å². The number of benzene rings is 2. The average molecular weight is 572 g/mol. The van der Waals surface area contributed by atoms with Crippen molar-refractivity contribution in [2.75, 3.05) is 32.2 Å². The maximum absolute atomic E-state index is 14.1. The quantitative estimate of drug-likeness (QED) is 0.463. The molecular formula is C26H27BrFN5O4. The molecule has 1 saturated heterocycles. The van der Waals surface area contributed by atoms with Gasteiger partial charge in [-0.05, 0) is 70.2 Å². The maximum Gasteiger partial charge on any atom is 0.333 e. The van der Waals surface area contributed by atoms with Gasteiger partial charge < -0.3 is 20.1 Å². The lowest BCUT2D eigenvalue weighted by atomic mass is 10.1. The monoisotopic (exact) mass is 571 g/mol. The minimum atomic E-state index is -0.583. The molecule has 37 heavy (non-hydrogen) atoms. The number of piperidine rings is 1. The van der Waals surface area contributed by atoms with Crippen molar-refractivity contribution in [1.82, 2.24) is 9.13 Å². The van der Waals surface area contributed by atoms with Crippen molar-refractivity contribution >= 4 is 21.7 Å². The molecule has 0 unspecified atom stereocenters. The van der Waals surface area contributed by atoms with Crippen LogP contribution in [0, 0.1) is 17.1 Å². The van der Waals surface area contributed by atoms with Crippen LogP contribution in [0.5, 0.6) is 11.5 Å². The predicted molar refractivity (Wildman–Crippen MR) is 141 cm³/mol. The first-order valence-electron chi connectivity index (χ1n) is 11.7. The molecule has 2 aromatic carbocycles. The first-order chi connectivity index (χ1) is 17.7. The van der Waals surface area contributed by atoms with E-state index in [1.54, 1.807) is 12.1 Å². The van der Waals surface area contributed by atoms with E-state index < -0.39 is 17.1 Å². The number of halogens is 2. The Morgan fingerprint density at radius 1 is 1.14 bits per heavy atom. The zero-order chi connectivity index (χ0) is 26.7. The third kappa shape index (κ3) is 5.55. The van der Waals surface area contributed by atoms with Gasteiger partial charge in [0, 0.05) is 25.2 Å². The normalized spacial score (nSPS) is 15.4. The molecule has 0 saturated carbocycles. The highest BCUT2D eigenvalue weighted by Gasteiger charge is 2.23. The molecule has 1 atom stereocenters. The van der Waals surface area contributed by atoms with Gasteiger partial charge in [-0.3, -0.25) is 13.9 Å². The number of aromatic nitrogens is 2. The van der Waals surface area contributed by atoms with Crippen molar-refractivity contribution < 1.29 is 13.9 Å². The number of hydrogen-bond acceptors (Lipinski definition) is 7. The van der Waals surface area contributed by atoms with E-state index in [0.29, 0.717) is 46.0 Å². The van der Waals surface area contributed by atoms with Gasteiger partial charge in [0.1, 0.15) is 11.6 Å². The molecular weight excluding hydrogens is 545 g/mol. The van der Waals surface area contributed by atoms with Crippen LogP contribution in [0.1, 0.15) is 29.5 Å². The topological polar surface area (TPSA) is 116 Å². The molecule has 194 valence electrons. The number of nitriles is 1.